The number of furan rings is 1. The first-order valence-corrected chi connectivity index (χ1v) is 8.39. The van der Waals surface area contributed by atoms with E-state index in [1.165, 1.54) is 6.26 Å². The number of ether oxygens (including phenoxy) is 1. The van der Waals surface area contributed by atoms with E-state index in [0.717, 1.165) is 37.1 Å². The van der Waals surface area contributed by atoms with E-state index in [0.29, 0.717) is 5.76 Å². The second kappa shape index (κ2) is 7.55. The monoisotopic (exact) mass is 398 g/mol. The van der Waals surface area contributed by atoms with Crippen molar-refractivity contribution >= 4 is 17.5 Å². The van der Waals surface area contributed by atoms with E-state index >= 15 is 0 Å². The first-order chi connectivity index (χ1) is 13.2. The highest BCUT2D eigenvalue weighted by Crippen LogP contribution is 2.45. The van der Waals surface area contributed by atoms with Gasteiger partial charge < -0.3 is 24.9 Å². The molecule has 1 saturated carbocycles. The van der Waals surface area contributed by atoms with Crippen molar-refractivity contribution in [3.8, 4) is 5.75 Å². The zero-order valence-electron chi connectivity index (χ0n) is 14.5. The number of benzene rings is 1. The zero-order chi connectivity index (χ0) is 20.4. The van der Waals surface area contributed by atoms with Crippen molar-refractivity contribution in [2.75, 3.05) is 11.9 Å². The molecule has 0 aliphatic heterocycles. The molecule has 0 spiro atoms. The molecule has 1 heterocycles. The summed E-state index contributed by atoms with van der Waals surface area (Å²) in [5, 5.41) is 15.4. The largest absolute Gasteiger partial charge is 0.573 e. The lowest BCUT2D eigenvalue weighted by Crippen LogP contribution is -2.45. The van der Waals surface area contributed by atoms with Gasteiger partial charge in [0, 0.05) is 5.69 Å². The van der Waals surface area contributed by atoms with E-state index in [4.69, 9.17) is 4.42 Å². The van der Waals surface area contributed by atoms with Crippen molar-refractivity contribution < 1.29 is 37.0 Å². The number of carbonyl (C=O) groups excluding carboxylic acids is 2. The SMILES string of the molecule is O=C(NC[C@@](O)(c1ccco1)C1CC1)C(=O)Nc1ccc(OC(F)(F)F)cc1. The number of hydrogen-bond donors (Lipinski definition) is 3. The van der Waals surface area contributed by atoms with Crippen LogP contribution >= 0.6 is 0 Å². The van der Waals surface area contributed by atoms with Gasteiger partial charge in [-0.05, 0) is 55.2 Å². The van der Waals surface area contributed by atoms with Crippen LogP contribution in [0.15, 0.2) is 47.1 Å². The molecule has 0 saturated heterocycles. The van der Waals surface area contributed by atoms with Crippen molar-refractivity contribution in [1.29, 1.82) is 0 Å². The van der Waals surface area contributed by atoms with Gasteiger partial charge >= 0.3 is 18.2 Å². The maximum atomic E-state index is 12.1. The summed E-state index contributed by atoms with van der Waals surface area (Å²) in [5.74, 6) is -2.26. The molecule has 3 rings (SSSR count). The summed E-state index contributed by atoms with van der Waals surface area (Å²) < 4.78 is 45.4. The molecular formula is C18H17F3N2O5. The molecule has 10 heteroatoms. The third-order valence-electron chi connectivity index (χ3n) is 4.27. The molecule has 1 aromatic carbocycles. The molecule has 3 N–H and O–H groups in total. The van der Waals surface area contributed by atoms with Crippen molar-refractivity contribution in [3.63, 3.8) is 0 Å². The van der Waals surface area contributed by atoms with E-state index < -0.39 is 29.5 Å². The van der Waals surface area contributed by atoms with E-state index in [-0.39, 0.29) is 18.2 Å². The summed E-state index contributed by atoms with van der Waals surface area (Å²) in [6.07, 6.45) is -1.88. The van der Waals surface area contributed by atoms with E-state index in [9.17, 15) is 27.9 Å². The van der Waals surface area contributed by atoms with Crippen molar-refractivity contribution in [2.24, 2.45) is 5.92 Å². The van der Waals surface area contributed by atoms with Gasteiger partial charge in [0.05, 0.1) is 12.8 Å². The lowest BCUT2D eigenvalue weighted by molar-refractivity contribution is -0.274. The fraction of sp³-hybridized carbons (Fsp3) is 0.333. The Kier molecular flexibility index (Phi) is 5.32. The second-order valence-electron chi connectivity index (χ2n) is 6.38. The Morgan fingerprint density at radius 3 is 2.36 bits per heavy atom. The third-order valence-corrected chi connectivity index (χ3v) is 4.27. The number of nitrogens with one attached hydrogen (secondary N) is 2. The van der Waals surface area contributed by atoms with E-state index in [2.05, 4.69) is 15.4 Å². The molecule has 0 unspecified atom stereocenters. The Hall–Kier alpha value is -3.01. The first kappa shape index (κ1) is 19.7. The summed E-state index contributed by atoms with van der Waals surface area (Å²) >= 11 is 0. The van der Waals surface area contributed by atoms with Crippen molar-refractivity contribution in [3.05, 3.63) is 48.4 Å². The topological polar surface area (TPSA) is 101 Å². The van der Waals surface area contributed by atoms with Crippen molar-refractivity contribution in [2.45, 2.75) is 24.8 Å². The highest BCUT2D eigenvalue weighted by molar-refractivity contribution is 6.39. The van der Waals surface area contributed by atoms with Crippen LogP contribution in [0.25, 0.3) is 0 Å². The molecule has 1 aliphatic carbocycles. The van der Waals surface area contributed by atoms with Crippen LogP contribution < -0.4 is 15.4 Å². The van der Waals surface area contributed by atoms with Gasteiger partial charge in [-0.1, -0.05) is 0 Å². The molecule has 2 amide bonds. The molecule has 150 valence electrons. The minimum absolute atomic E-state index is 0.0804. The van der Waals surface area contributed by atoms with Gasteiger partial charge in [-0.2, -0.15) is 0 Å². The van der Waals surface area contributed by atoms with Crippen LogP contribution in [0.3, 0.4) is 0 Å². The normalized spacial score (nSPS) is 16.1. The molecule has 28 heavy (non-hydrogen) atoms. The van der Waals surface area contributed by atoms with Crippen LogP contribution in [0.4, 0.5) is 18.9 Å². The summed E-state index contributed by atoms with van der Waals surface area (Å²) in [5.41, 5.74) is -1.30. The molecule has 0 radical (unpaired) electrons. The number of carbonyl (C=O) groups is 2. The molecule has 0 bridgehead atoms. The standard InChI is InChI=1S/C18H17F3N2O5/c19-18(20,21)28-13-7-5-12(6-8-13)23-16(25)15(24)22-10-17(26,11-3-4-11)14-2-1-9-27-14/h1-2,5-9,11,26H,3-4,10H2,(H,22,24)(H,23,25)/t17-/m0/s1. The average molecular weight is 398 g/mol. The number of amides is 2. The summed E-state index contributed by atoms with van der Waals surface area (Å²) in [4.78, 5) is 24.0. The minimum Gasteiger partial charge on any atom is -0.466 e. The molecule has 2 aromatic rings. The highest BCUT2D eigenvalue weighted by atomic mass is 19.4. The number of anilines is 1. The van der Waals surface area contributed by atoms with Gasteiger partial charge in [0.25, 0.3) is 0 Å². The molecular weight excluding hydrogens is 381 g/mol. The Labute approximate surface area is 157 Å². The minimum atomic E-state index is -4.82. The molecule has 1 aliphatic rings. The fourth-order valence-electron chi connectivity index (χ4n) is 2.74. The number of hydrogen-bond acceptors (Lipinski definition) is 5. The first-order valence-electron chi connectivity index (χ1n) is 8.39. The highest BCUT2D eigenvalue weighted by Gasteiger charge is 2.47. The summed E-state index contributed by atoms with van der Waals surface area (Å²) in [6.45, 7) is -0.213. The lowest BCUT2D eigenvalue weighted by atomic mass is 9.94. The molecule has 1 aromatic heterocycles. The second-order valence-corrected chi connectivity index (χ2v) is 6.38. The Morgan fingerprint density at radius 2 is 1.82 bits per heavy atom. The molecule has 7 nitrogen and oxygen atoms in total. The van der Waals surface area contributed by atoms with E-state index in [1.807, 2.05) is 0 Å². The van der Waals surface area contributed by atoms with Crippen molar-refractivity contribution in [1.82, 2.24) is 5.32 Å². The Morgan fingerprint density at radius 1 is 1.14 bits per heavy atom. The van der Waals surface area contributed by atoms with Gasteiger partial charge in [-0.15, -0.1) is 13.2 Å². The van der Waals surface area contributed by atoms with Gasteiger partial charge in [0.15, 0.2) is 0 Å². The van der Waals surface area contributed by atoms with Gasteiger partial charge in [0.2, 0.25) is 0 Å². The van der Waals surface area contributed by atoms with Gasteiger partial charge in [0.1, 0.15) is 17.1 Å². The van der Waals surface area contributed by atoms with Gasteiger partial charge in [-0.25, -0.2) is 0 Å². The number of aliphatic hydroxyl groups is 1. The number of halogens is 3. The quantitative estimate of drug-likeness (QED) is 0.650. The molecule has 1 fully saturated rings. The van der Waals surface area contributed by atoms with Crippen LogP contribution in [-0.4, -0.2) is 29.8 Å². The van der Waals surface area contributed by atoms with Crippen LogP contribution in [0.2, 0.25) is 0 Å². The smallest absolute Gasteiger partial charge is 0.466 e. The summed E-state index contributed by atoms with van der Waals surface area (Å²) in [6, 6.07) is 7.54. The van der Waals surface area contributed by atoms with Crippen LogP contribution in [-0.2, 0) is 15.2 Å². The fourth-order valence-corrected chi connectivity index (χ4v) is 2.74. The Bertz CT molecular complexity index is 832. The predicted octanol–water partition coefficient (Wildman–Crippen LogP) is 2.53. The maximum absolute atomic E-state index is 12.1. The van der Waals surface area contributed by atoms with Crippen LogP contribution in [0.5, 0.6) is 5.75 Å². The molecule has 1 atom stereocenters. The zero-order valence-corrected chi connectivity index (χ0v) is 14.5. The average Bonchev–Trinajstić information content (AvgIpc) is 3.34. The number of rotatable bonds is 6. The van der Waals surface area contributed by atoms with Gasteiger partial charge in [-0.3, -0.25) is 9.59 Å². The summed E-state index contributed by atoms with van der Waals surface area (Å²) in [7, 11) is 0. The predicted molar refractivity (Wildman–Crippen MR) is 90.1 cm³/mol. The lowest BCUT2D eigenvalue weighted by Gasteiger charge is -2.26. The van der Waals surface area contributed by atoms with E-state index in [1.54, 1.807) is 12.1 Å². The maximum Gasteiger partial charge on any atom is 0.573 e. The van der Waals surface area contributed by atoms with Crippen LogP contribution in [0.1, 0.15) is 18.6 Å². The van der Waals surface area contributed by atoms with Crippen LogP contribution in [0, 0.1) is 5.92 Å². The Balaban J connectivity index is 1.55. The number of alkyl halides is 3. The third kappa shape index (κ3) is 4.83.